The van der Waals surface area contributed by atoms with Crippen LogP contribution in [0.4, 0.5) is 0 Å². The van der Waals surface area contributed by atoms with E-state index < -0.39 is 12.0 Å². The molecular formula is C21H26N2O4. The summed E-state index contributed by atoms with van der Waals surface area (Å²) in [5.74, 6) is -0.433. The second-order valence-electron chi connectivity index (χ2n) is 6.13. The highest BCUT2D eigenvalue weighted by Crippen LogP contribution is 2.16. The van der Waals surface area contributed by atoms with Gasteiger partial charge in [-0.05, 0) is 36.6 Å². The van der Waals surface area contributed by atoms with Gasteiger partial charge >= 0.3 is 5.97 Å². The van der Waals surface area contributed by atoms with E-state index in [1.54, 1.807) is 12.1 Å². The molecule has 2 aromatic carbocycles. The summed E-state index contributed by atoms with van der Waals surface area (Å²) in [6, 6.07) is 15.8. The molecule has 2 unspecified atom stereocenters. The zero-order chi connectivity index (χ0) is 19.6. The molecule has 2 aromatic rings. The fourth-order valence-corrected chi connectivity index (χ4v) is 2.72. The molecule has 0 spiro atoms. The average molecular weight is 370 g/mol. The third kappa shape index (κ3) is 6.11. The molecule has 2 rings (SSSR count). The van der Waals surface area contributed by atoms with E-state index >= 15 is 0 Å². The van der Waals surface area contributed by atoms with Crippen LogP contribution in [0.2, 0.25) is 0 Å². The zero-order valence-electron chi connectivity index (χ0n) is 15.7. The Balaban J connectivity index is 1.97. The molecule has 0 saturated carbocycles. The number of rotatable bonds is 9. The number of esters is 1. The molecule has 0 heterocycles. The lowest BCUT2D eigenvalue weighted by Gasteiger charge is -2.18. The molecule has 27 heavy (non-hydrogen) atoms. The Bertz CT molecular complexity index is 732. The molecule has 0 bridgehead atoms. The van der Waals surface area contributed by atoms with Gasteiger partial charge in [0, 0.05) is 6.54 Å². The van der Waals surface area contributed by atoms with Crippen LogP contribution in [-0.2, 0) is 20.7 Å². The summed E-state index contributed by atoms with van der Waals surface area (Å²) in [5, 5.41) is 2.76. The van der Waals surface area contributed by atoms with Crippen LogP contribution in [0, 0.1) is 5.92 Å². The molecular weight excluding hydrogens is 344 g/mol. The van der Waals surface area contributed by atoms with Gasteiger partial charge < -0.3 is 20.5 Å². The van der Waals surface area contributed by atoms with Crippen molar-refractivity contribution in [3.8, 4) is 5.75 Å². The molecule has 3 N–H and O–H groups in total. The number of carbonyl (C=O) groups excluding carboxylic acids is 2. The van der Waals surface area contributed by atoms with Crippen molar-refractivity contribution in [2.24, 2.45) is 11.7 Å². The van der Waals surface area contributed by atoms with Gasteiger partial charge in [0.15, 0.2) is 0 Å². The highest BCUT2D eigenvalue weighted by Gasteiger charge is 2.23. The molecule has 144 valence electrons. The number of hydrogen-bond acceptors (Lipinski definition) is 5. The average Bonchev–Trinajstić information content (AvgIpc) is 2.71. The van der Waals surface area contributed by atoms with Crippen molar-refractivity contribution in [2.45, 2.75) is 19.4 Å². The molecule has 0 saturated heterocycles. The highest BCUT2D eigenvalue weighted by molar-refractivity contribution is 5.83. The van der Waals surface area contributed by atoms with Crippen molar-refractivity contribution in [3.63, 3.8) is 0 Å². The quantitative estimate of drug-likeness (QED) is 0.661. The smallest absolute Gasteiger partial charge is 0.310 e. The first-order valence-electron chi connectivity index (χ1n) is 8.93. The van der Waals surface area contributed by atoms with E-state index in [4.69, 9.17) is 15.2 Å². The van der Waals surface area contributed by atoms with E-state index in [-0.39, 0.29) is 18.4 Å². The van der Waals surface area contributed by atoms with Crippen molar-refractivity contribution in [1.29, 1.82) is 0 Å². The summed E-state index contributed by atoms with van der Waals surface area (Å²) in [6.45, 7) is 2.67. The van der Waals surface area contributed by atoms with Gasteiger partial charge in [-0.15, -0.1) is 0 Å². The van der Waals surface area contributed by atoms with Crippen LogP contribution in [0.5, 0.6) is 5.75 Å². The maximum absolute atomic E-state index is 12.3. The van der Waals surface area contributed by atoms with E-state index in [0.29, 0.717) is 13.0 Å². The zero-order valence-corrected chi connectivity index (χ0v) is 15.7. The largest absolute Gasteiger partial charge is 0.494 e. The standard InChI is InChI=1S/C21H26N2O4/c1-3-27-18-11-9-15(10-12-18)13-17(21(25)26-2)14-23-20(24)19(22)16-7-5-4-6-8-16/h4-12,17,19H,3,13-14,22H2,1-2H3,(H,23,24). The second-order valence-corrected chi connectivity index (χ2v) is 6.13. The van der Waals surface area contributed by atoms with E-state index in [1.807, 2.05) is 49.4 Å². The predicted octanol–water partition coefficient (Wildman–Crippen LogP) is 2.23. The van der Waals surface area contributed by atoms with Crippen LogP contribution in [0.25, 0.3) is 0 Å². The van der Waals surface area contributed by atoms with Gasteiger partial charge in [0.25, 0.3) is 0 Å². The Kier molecular flexibility index (Phi) is 7.82. The molecule has 0 aliphatic heterocycles. The minimum atomic E-state index is -0.782. The molecule has 2 atom stereocenters. The first kappa shape index (κ1) is 20.5. The summed E-state index contributed by atoms with van der Waals surface area (Å²) >= 11 is 0. The van der Waals surface area contributed by atoms with Crippen LogP contribution in [0.3, 0.4) is 0 Å². The molecule has 0 aliphatic carbocycles. The van der Waals surface area contributed by atoms with Crippen LogP contribution in [-0.4, -0.2) is 32.1 Å². The number of nitrogens with two attached hydrogens (primary N) is 1. The Morgan fingerprint density at radius 1 is 1.07 bits per heavy atom. The van der Waals surface area contributed by atoms with Crippen molar-refractivity contribution in [1.82, 2.24) is 5.32 Å². The summed E-state index contributed by atoms with van der Waals surface area (Å²) in [7, 11) is 1.34. The van der Waals surface area contributed by atoms with Gasteiger partial charge in [-0.25, -0.2) is 0 Å². The molecule has 0 aliphatic rings. The van der Waals surface area contributed by atoms with Gasteiger partial charge in [-0.1, -0.05) is 42.5 Å². The summed E-state index contributed by atoms with van der Waals surface area (Å²) in [4.78, 5) is 24.4. The second kappa shape index (κ2) is 10.3. The first-order valence-corrected chi connectivity index (χ1v) is 8.93. The molecule has 1 amide bonds. The van der Waals surface area contributed by atoms with Crippen molar-refractivity contribution < 1.29 is 19.1 Å². The third-order valence-corrected chi connectivity index (χ3v) is 4.21. The Morgan fingerprint density at radius 2 is 1.74 bits per heavy atom. The maximum atomic E-state index is 12.3. The van der Waals surface area contributed by atoms with Crippen molar-refractivity contribution in [3.05, 3.63) is 65.7 Å². The lowest BCUT2D eigenvalue weighted by Crippen LogP contribution is -2.39. The summed E-state index contributed by atoms with van der Waals surface area (Å²) in [5.41, 5.74) is 7.66. The molecule has 0 fully saturated rings. The van der Waals surface area contributed by atoms with Gasteiger partial charge in [0.05, 0.1) is 19.6 Å². The van der Waals surface area contributed by atoms with E-state index in [1.165, 1.54) is 7.11 Å². The maximum Gasteiger partial charge on any atom is 0.310 e. The van der Waals surface area contributed by atoms with Crippen molar-refractivity contribution in [2.75, 3.05) is 20.3 Å². The molecule has 6 heteroatoms. The number of benzene rings is 2. The third-order valence-electron chi connectivity index (χ3n) is 4.21. The van der Waals surface area contributed by atoms with Crippen molar-refractivity contribution >= 4 is 11.9 Å². The normalized spacial score (nSPS) is 12.7. The van der Waals surface area contributed by atoms with Gasteiger partial charge in [0.2, 0.25) is 5.91 Å². The fraction of sp³-hybridized carbons (Fsp3) is 0.333. The monoisotopic (exact) mass is 370 g/mol. The fourth-order valence-electron chi connectivity index (χ4n) is 2.72. The topological polar surface area (TPSA) is 90.6 Å². The number of nitrogens with one attached hydrogen (secondary N) is 1. The van der Waals surface area contributed by atoms with Gasteiger partial charge in [-0.3, -0.25) is 9.59 Å². The number of amides is 1. The van der Waals surface area contributed by atoms with E-state index in [0.717, 1.165) is 16.9 Å². The SMILES string of the molecule is CCOc1ccc(CC(CNC(=O)C(N)c2ccccc2)C(=O)OC)cc1. The first-order chi connectivity index (χ1) is 13.0. The Labute approximate surface area is 159 Å². The minimum absolute atomic E-state index is 0.152. The predicted molar refractivity (Wildman–Crippen MR) is 103 cm³/mol. The molecule has 0 aromatic heterocycles. The van der Waals surface area contributed by atoms with Gasteiger partial charge in [0.1, 0.15) is 11.8 Å². The Hall–Kier alpha value is -2.86. The minimum Gasteiger partial charge on any atom is -0.494 e. The van der Waals surface area contributed by atoms with Gasteiger partial charge in [-0.2, -0.15) is 0 Å². The molecule has 0 radical (unpaired) electrons. The lowest BCUT2D eigenvalue weighted by molar-refractivity contribution is -0.145. The number of methoxy groups -OCH3 is 1. The number of hydrogen-bond donors (Lipinski definition) is 2. The van der Waals surface area contributed by atoms with Crippen LogP contribution in [0.1, 0.15) is 24.1 Å². The molecule has 6 nitrogen and oxygen atoms in total. The van der Waals surface area contributed by atoms with E-state index in [2.05, 4.69) is 5.32 Å². The van der Waals surface area contributed by atoms with E-state index in [9.17, 15) is 9.59 Å². The summed E-state index contributed by atoms with van der Waals surface area (Å²) in [6.07, 6.45) is 0.444. The highest BCUT2D eigenvalue weighted by atomic mass is 16.5. The van der Waals surface area contributed by atoms with Crippen LogP contribution < -0.4 is 15.8 Å². The lowest BCUT2D eigenvalue weighted by atomic mass is 9.98. The van der Waals surface area contributed by atoms with Crippen LogP contribution in [0.15, 0.2) is 54.6 Å². The number of ether oxygens (including phenoxy) is 2. The van der Waals surface area contributed by atoms with Crippen LogP contribution >= 0.6 is 0 Å². The number of carbonyl (C=O) groups is 2. The Morgan fingerprint density at radius 3 is 2.33 bits per heavy atom. The summed E-state index contributed by atoms with van der Waals surface area (Å²) < 4.78 is 10.3.